The summed E-state index contributed by atoms with van der Waals surface area (Å²) in [5.41, 5.74) is -1.30. The second kappa shape index (κ2) is 6.61. The molecule has 1 aliphatic rings. The van der Waals surface area contributed by atoms with Crippen molar-refractivity contribution in [2.75, 3.05) is 13.3 Å². The van der Waals surface area contributed by atoms with Crippen molar-refractivity contribution in [3.05, 3.63) is 33.2 Å². The Labute approximate surface area is 133 Å². The smallest absolute Gasteiger partial charge is 0.330 e. The number of aromatic nitrogens is 5. The Morgan fingerprint density at radius 3 is 2.88 bits per heavy atom. The molecule has 3 rings (SSSR count). The van der Waals surface area contributed by atoms with Crippen molar-refractivity contribution in [3.8, 4) is 11.3 Å². The summed E-state index contributed by atoms with van der Waals surface area (Å²) in [6, 6.07) is 0. The first-order valence-electron chi connectivity index (χ1n) is 7.25. The number of rotatable bonds is 5. The van der Waals surface area contributed by atoms with Crippen molar-refractivity contribution >= 4 is 0 Å². The van der Waals surface area contributed by atoms with Crippen LogP contribution in [0, 0.1) is 0 Å². The minimum atomic E-state index is -1.42. The molecule has 2 N–H and O–H groups in total. The van der Waals surface area contributed by atoms with Crippen LogP contribution in [0.3, 0.4) is 0 Å². The Bertz CT molecular complexity index is 832. The highest BCUT2D eigenvalue weighted by Gasteiger charge is 2.36. The van der Waals surface area contributed by atoms with Crippen LogP contribution < -0.4 is 11.2 Å². The molecule has 0 radical (unpaired) electrons. The second-order valence-corrected chi connectivity index (χ2v) is 5.33. The molecule has 0 aliphatic carbocycles. The maximum Gasteiger partial charge on any atom is 0.330 e. The lowest BCUT2D eigenvalue weighted by molar-refractivity contribution is -0.0355. The minimum absolute atomic E-state index is 0.0159. The third kappa shape index (κ3) is 2.99. The summed E-state index contributed by atoms with van der Waals surface area (Å²) < 4.78 is 33.6. The highest BCUT2D eigenvalue weighted by molar-refractivity contribution is 5.54. The van der Waals surface area contributed by atoms with Crippen LogP contribution in [0.25, 0.3) is 11.3 Å². The summed E-state index contributed by atoms with van der Waals surface area (Å²) in [6.45, 7) is -1.17. The van der Waals surface area contributed by atoms with E-state index in [1.807, 2.05) is 0 Å². The van der Waals surface area contributed by atoms with Crippen molar-refractivity contribution < 1.29 is 18.6 Å². The number of halogens is 2. The van der Waals surface area contributed by atoms with Crippen molar-refractivity contribution in [3.63, 3.8) is 0 Å². The Morgan fingerprint density at radius 1 is 1.42 bits per heavy atom. The Kier molecular flexibility index (Phi) is 4.53. The first-order chi connectivity index (χ1) is 11.5. The first kappa shape index (κ1) is 16.5. The van der Waals surface area contributed by atoms with E-state index in [0.717, 1.165) is 4.57 Å². The largest absolute Gasteiger partial charge is 0.394 e. The summed E-state index contributed by atoms with van der Waals surface area (Å²) in [7, 11) is 0. The van der Waals surface area contributed by atoms with Gasteiger partial charge in [0, 0.05) is 12.6 Å². The van der Waals surface area contributed by atoms with E-state index in [9.17, 15) is 18.4 Å². The van der Waals surface area contributed by atoms with Gasteiger partial charge in [-0.1, -0.05) is 5.21 Å². The molecule has 130 valence electrons. The topological polar surface area (TPSA) is 115 Å². The third-order valence-electron chi connectivity index (χ3n) is 3.75. The highest BCUT2D eigenvalue weighted by Crippen LogP contribution is 2.29. The number of aliphatic hydroxyl groups excluding tert-OH is 1. The minimum Gasteiger partial charge on any atom is -0.394 e. The van der Waals surface area contributed by atoms with E-state index in [0.29, 0.717) is 0 Å². The number of hydrogen-bond donors (Lipinski definition) is 2. The lowest BCUT2D eigenvalue weighted by atomic mass is 10.2. The molecule has 9 nitrogen and oxygen atoms in total. The average molecular weight is 342 g/mol. The molecule has 0 bridgehead atoms. The molecular weight excluding hydrogens is 327 g/mol. The van der Waals surface area contributed by atoms with Gasteiger partial charge in [-0.05, 0) is 0 Å². The normalized spacial score (nSPS) is 23.7. The number of H-pyrrole nitrogens is 1. The monoisotopic (exact) mass is 342 g/mol. The van der Waals surface area contributed by atoms with Gasteiger partial charge in [0.25, 0.3) is 5.56 Å². The molecule has 2 aromatic rings. The van der Waals surface area contributed by atoms with Gasteiger partial charge in [0.1, 0.15) is 30.9 Å². The zero-order chi connectivity index (χ0) is 17.3. The summed E-state index contributed by atoms with van der Waals surface area (Å²) >= 11 is 0. The van der Waals surface area contributed by atoms with Gasteiger partial charge in [0.05, 0.1) is 24.9 Å². The maximum absolute atomic E-state index is 13.7. The first-order valence-corrected chi connectivity index (χ1v) is 7.25. The van der Waals surface area contributed by atoms with Gasteiger partial charge >= 0.3 is 5.69 Å². The lowest BCUT2D eigenvalue weighted by Gasteiger charge is -2.14. The molecule has 24 heavy (non-hydrogen) atoms. The van der Waals surface area contributed by atoms with Crippen molar-refractivity contribution in [2.24, 2.45) is 0 Å². The van der Waals surface area contributed by atoms with Gasteiger partial charge in [-0.3, -0.25) is 14.3 Å². The number of nitrogens with zero attached hydrogens (tertiary/aromatic N) is 4. The van der Waals surface area contributed by atoms with Crippen LogP contribution in [0.4, 0.5) is 8.78 Å². The molecule has 0 aromatic carbocycles. The fourth-order valence-corrected chi connectivity index (χ4v) is 2.52. The number of aryl methyl sites for hydroxylation is 1. The van der Waals surface area contributed by atoms with Gasteiger partial charge < -0.3 is 9.84 Å². The zero-order valence-corrected chi connectivity index (χ0v) is 12.4. The predicted molar refractivity (Wildman–Crippen MR) is 76.8 cm³/mol. The maximum atomic E-state index is 13.7. The van der Waals surface area contributed by atoms with E-state index in [1.165, 1.54) is 17.1 Å². The van der Waals surface area contributed by atoms with E-state index in [-0.39, 0.29) is 24.2 Å². The van der Waals surface area contributed by atoms with Crippen molar-refractivity contribution in [1.29, 1.82) is 0 Å². The van der Waals surface area contributed by atoms with Gasteiger partial charge in [-0.15, -0.1) is 5.10 Å². The molecule has 2 aromatic heterocycles. The fraction of sp³-hybridized carbons (Fsp3) is 0.538. The molecule has 1 fully saturated rings. The number of aliphatic hydroxyl groups is 1. The summed E-state index contributed by atoms with van der Waals surface area (Å²) in [6.07, 6.45) is -0.979. The van der Waals surface area contributed by atoms with Crippen molar-refractivity contribution in [1.82, 2.24) is 24.5 Å². The van der Waals surface area contributed by atoms with E-state index in [1.54, 1.807) is 0 Å². The van der Waals surface area contributed by atoms with E-state index in [2.05, 4.69) is 15.3 Å². The number of nitrogens with one attached hydrogen (secondary N) is 1. The molecule has 11 heteroatoms. The van der Waals surface area contributed by atoms with E-state index >= 15 is 0 Å². The molecule has 1 aliphatic heterocycles. The fourth-order valence-electron chi connectivity index (χ4n) is 2.52. The van der Waals surface area contributed by atoms with Crippen LogP contribution in [-0.4, -0.2) is 55.2 Å². The Hall–Kier alpha value is -2.40. The number of ether oxygens (including phenoxy) is 1. The second-order valence-electron chi connectivity index (χ2n) is 5.33. The molecule has 0 amide bonds. The third-order valence-corrected chi connectivity index (χ3v) is 3.75. The Balaban J connectivity index is 1.97. The van der Waals surface area contributed by atoms with Crippen LogP contribution >= 0.6 is 0 Å². The Morgan fingerprint density at radius 2 is 2.21 bits per heavy atom. The summed E-state index contributed by atoms with van der Waals surface area (Å²) in [4.78, 5) is 26.1. The molecule has 0 saturated carbocycles. The van der Waals surface area contributed by atoms with Crippen LogP contribution in [0.5, 0.6) is 0 Å². The number of aromatic amines is 1. The SMILES string of the molecule is O=c1[nH]c(=O)n([C@H]2CC(F)[C@@H](CO)O2)cc1-c1cn(CC[18F])nn1. The summed E-state index contributed by atoms with van der Waals surface area (Å²) in [5.74, 6) is 0. The molecule has 3 heterocycles. The van der Waals surface area contributed by atoms with Gasteiger partial charge in [0.15, 0.2) is 0 Å². The molecule has 1 unspecified atom stereocenters. The average Bonchev–Trinajstić information content (AvgIpc) is 3.14. The summed E-state index contributed by atoms with van der Waals surface area (Å²) in [5, 5.41) is 16.5. The van der Waals surface area contributed by atoms with E-state index in [4.69, 9.17) is 9.84 Å². The van der Waals surface area contributed by atoms with Gasteiger partial charge in [0.2, 0.25) is 0 Å². The van der Waals surface area contributed by atoms with E-state index < -0.39 is 43.0 Å². The van der Waals surface area contributed by atoms with Crippen molar-refractivity contribution in [2.45, 2.75) is 31.5 Å². The van der Waals surface area contributed by atoms with Crippen LogP contribution in [-0.2, 0) is 11.3 Å². The quantitative estimate of drug-likeness (QED) is 0.748. The molecule has 0 spiro atoms. The highest BCUT2D eigenvalue weighted by atomic mass is 19.1. The van der Waals surface area contributed by atoms with Crippen LogP contribution in [0.2, 0.25) is 0 Å². The van der Waals surface area contributed by atoms with Crippen LogP contribution in [0.15, 0.2) is 22.0 Å². The van der Waals surface area contributed by atoms with Gasteiger partial charge in [-0.2, -0.15) is 0 Å². The van der Waals surface area contributed by atoms with Crippen LogP contribution in [0.1, 0.15) is 12.6 Å². The molecular formula is C13H15F2N5O4. The number of alkyl halides is 2. The predicted octanol–water partition coefficient (Wildman–Crippen LogP) is -0.618. The zero-order valence-electron chi connectivity index (χ0n) is 12.4. The standard InChI is InChI=1S/C13H15F2N5O4/c14-1-2-19-5-9(17-18-19)7-4-20(13(23)16-12(7)22)11-3-8(15)10(6-21)24-11/h4-5,8,10-11,21H,1-3,6H2,(H,16,22,23)/t8?,10-,11-/m1/s1/i14-1. The van der Waals surface area contributed by atoms with Gasteiger partial charge in [-0.25, -0.2) is 18.3 Å². The molecule has 3 atom stereocenters. The number of hydrogen-bond acceptors (Lipinski definition) is 6. The lowest BCUT2D eigenvalue weighted by Crippen LogP contribution is -2.33. The molecule has 1 saturated heterocycles.